The number of sulfonamides is 1. The molecule has 3 aromatic rings. The number of rotatable bonds is 7. The number of nitrogens with one attached hydrogen (secondary N) is 1. The highest BCUT2D eigenvalue weighted by molar-refractivity contribution is 9.10. The maximum Gasteiger partial charge on any atom is 0.264 e. The molecule has 1 amide bonds. The van der Waals surface area contributed by atoms with Crippen molar-refractivity contribution in [3.05, 3.63) is 82.8 Å². The van der Waals surface area contributed by atoms with Crippen LogP contribution in [0.2, 0.25) is 0 Å². The average molecular weight is 489 g/mol. The van der Waals surface area contributed by atoms with Crippen molar-refractivity contribution in [2.24, 2.45) is 0 Å². The third-order valence-electron chi connectivity index (χ3n) is 4.37. The van der Waals surface area contributed by atoms with Gasteiger partial charge in [0.1, 0.15) is 12.3 Å². The molecule has 0 unspecified atom stereocenters. The number of hydrogen-bond donors (Lipinski definition) is 1. The number of halogens is 1. The Labute approximate surface area is 184 Å². The summed E-state index contributed by atoms with van der Waals surface area (Å²) < 4.78 is 34.1. The van der Waals surface area contributed by atoms with Gasteiger partial charge < -0.3 is 10.1 Å². The lowest BCUT2D eigenvalue weighted by atomic mass is 10.2. The average Bonchev–Trinajstić information content (AvgIpc) is 2.74. The Morgan fingerprint density at radius 3 is 2.37 bits per heavy atom. The lowest BCUT2D eigenvalue weighted by Crippen LogP contribution is -2.38. The minimum absolute atomic E-state index is 0.0854. The third-order valence-corrected chi connectivity index (χ3v) is 6.83. The van der Waals surface area contributed by atoms with E-state index in [0.29, 0.717) is 21.6 Å². The van der Waals surface area contributed by atoms with Crippen LogP contribution in [0.4, 0.5) is 11.4 Å². The molecule has 0 saturated heterocycles. The first kappa shape index (κ1) is 21.9. The van der Waals surface area contributed by atoms with Crippen LogP contribution in [0.1, 0.15) is 5.56 Å². The topological polar surface area (TPSA) is 75.7 Å². The molecule has 0 aliphatic heterocycles. The van der Waals surface area contributed by atoms with Crippen LogP contribution in [0.25, 0.3) is 0 Å². The van der Waals surface area contributed by atoms with Gasteiger partial charge in [-0.25, -0.2) is 8.42 Å². The number of ether oxygens (including phenoxy) is 1. The monoisotopic (exact) mass is 488 g/mol. The Hall–Kier alpha value is -2.84. The second-order valence-corrected chi connectivity index (χ2v) is 9.24. The zero-order chi connectivity index (χ0) is 21.7. The number of carbonyl (C=O) groups is 1. The number of methoxy groups -OCH3 is 1. The van der Waals surface area contributed by atoms with Crippen molar-refractivity contribution in [2.45, 2.75) is 11.8 Å². The summed E-state index contributed by atoms with van der Waals surface area (Å²) in [5.74, 6) is -0.126. The fraction of sp³-hybridized carbons (Fsp3) is 0.136. The molecule has 0 aliphatic carbocycles. The van der Waals surface area contributed by atoms with E-state index in [1.54, 1.807) is 48.5 Å². The van der Waals surface area contributed by atoms with Crippen molar-refractivity contribution < 1.29 is 17.9 Å². The second-order valence-electron chi connectivity index (χ2n) is 6.53. The zero-order valence-corrected chi connectivity index (χ0v) is 18.9. The summed E-state index contributed by atoms with van der Waals surface area (Å²) in [5.41, 5.74) is 1.68. The fourth-order valence-electron chi connectivity index (χ4n) is 2.90. The molecule has 0 aliphatic rings. The Morgan fingerprint density at radius 2 is 1.70 bits per heavy atom. The molecule has 0 bridgehead atoms. The fourth-order valence-corrected chi connectivity index (χ4v) is 4.73. The van der Waals surface area contributed by atoms with E-state index in [9.17, 15) is 13.2 Å². The number of anilines is 2. The van der Waals surface area contributed by atoms with Crippen LogP contribution >= 0.6 is 15.9 Å². The van der Waals surface area contributed by atoms with Crippen LogP contribution in [0.15, 0.2) is 82.2 Å². The van der Waals surface area contributed by atoms with E-state index in [0.717, 1.165) is 9.87 Å². The zero-order valence-electron chi connectivity index (χ0n) is 16.5. The molecule has 0 heterocycles. The molecule has 0 aromatic heterocycles. The van der Waals surface area contributed by atoms with E-state index in [2.05, 4.69) is 21.2 Å². The van der Waals surface area contributed by atoms with Crippen molar-refractivity contribution in [3.8, 4) is 5.75 Å². The summed E-state index contributed by atoms with van der Waals surface area (Å²) in [4.78, 5) is 12.9. The van der Waals surface area contributed by atoms with E-state index in [-0.39, 0.29) is 4.90 Å². The Balaban J connectivity index is 2.03. The van der Waals surface area contributed by atoms with Crippen LogP contribution in [0.3, 0.4) is 0 Å². The van der Waals surface area contributed by atoms with Gasteiger partial charge in [0.05, 0.1) is 23.4 Å². The summed E-state index contributed by atoms with van der Waals surface area (Å²) in [6.45, 7) is 1.43. The number of nitrogens with zero attached hydrogens (tertiary/aromatic N) is 1. The van der Waals surface area contributed by atoms with E-state index in [1.165, 1.54) is 19.2 Å². The summed E-state index contributed by atoms with van der Waals surface area (Å²) in [5, 5.41) is 2.75. The van der Waals surface area contributed by atoms with Gasteiger partial charge in [-0.3, -0.25) is 9.10 Å². The maximum atomic E-state index is 13.4. The molecular weight excluding hydrogens is 468 g/mol. The van der Waals surface area contributed by atoms with Crippen LogP contribution in [-0.4, -0.2) is 28.0 Å². The standard InChI is InChI=1S/C22H21BrN2O4S/c1-16-12-13-21(29-2)20(14-16)25(30(27,28)17-8-4-3-5-9-17)15-22(26)24-19-11-7-6-10-18(19)23/h3-14H,15H2,1-2H3,(H,24,26). The molecule has 0 spiro atoms. The molecule has 0 atom stereocenters. The second kappa shape index (κ2) is 9.32. The molecule has 156 valence electrons. The molecule has 0 fully saturated rings. The number of benzene rings is 3. The number of aryl methyl sites for hydroxylation is 1. The lowest BCUT2D eigenvalue weighted by molar-refractivity contribution is -0.114. The Bertz CT molecular complexity index is 1150. The Morgan fingerprint density at radius 1 is 1.03 bits per heavy atom. The molecule has 0 saturated carbocycles. The van der Waals surface area contributed by atoms with Gasteiger partial charge in [-0.05, 0) is 64.8 Å². The third kappa shape index (κ3) is 4.83. The first-order valence-electron chi connectivity index (χ1n) is 9.09. The van der Waals surface area contributed by atoms with Gasteiger partial charge in [-0.1, -0.05) is 36.4 Å². The van der Waals surface area contributed by atoms with Gasteiger partial charge in [-0.2, -0.15) is 0 Å². The number of hydrogen-bond acceptors (Lipinski definition) is 4. The van der Waals surface area contributed by atoms with E-state index in [1.807, 2.05) is 19.1 Å². The van der Waals surface area contributed by atoms with Crippen molar-refractivity contribution in [1.82, 2.24) is 0 Å². The summed E-state index contributed by atoms with van der Waals surface area (Å²) in [6, 6.07) is 20.3. The molecule has 8 heteroatoms. The first-order chi connectivity index (χ1) is 14.3. The van der Waals surface area contributed by atoms with Gasteiger partial charge in [0.2, 0.25) is 5.91 Å². The van der Waals surface area contributed by atoms with E-state index < -0.39 is 22.5 Å². The van der Waals surface area contributed by atoms with E-state index >= 15 is 0 Å². The summed E-state index contributed by atoms with van der Waals surface area (Å²) in [6.07, 6.45) is 0. The molecule has 30 heavy (non-hydrogen) atoms. The molecule has 0 radical (unpaired) electrons. The van der Waals surface area contributed by atoms with Crippen molar-refractivity contribution in [1.29, 1.82) is 0 Å². The maximum absolute atomic E-state index is 13.4. The highest BCUT2D eigenvalue weighted by Crippen LogP contribution is 2.33. The van der Waals surface area contributed by atoms with Crippen LogP contribution in [-0.2, 0) is 14.8 Å². The van der Waals surface area contributed by atoms with Gasteiger partial charge in [0, 0.05) is 4.47 Å². The van der Waals surface area contributed by atoms with E-state index in [4.69, 9.17) is 4.74 Å². The van der Waals surface area contributed by atoms with Crippen LogP contribution in [0.5, 0.6) is 5.75 Å². The SMILES string of the molecule is COc1ccc(C)cc1N(CC(=O)Nc1ccccc1Br)S(=O)(=O)c1ccccc1. The number of carbonyl (C=O) groups excluding carboxylic acids is 1. The van der Waals surface area contributed by atoms with Crippen molar-refractivity contribution >= 4 is 43.2 Å². The highest BCUT2D eigenvalue weighted by atomic mass is 79.9. The summed E-state index contributed by atoms with van der Waals surface area (Å²) >= 11 is 3.38. The smallest absolute Gasteiger partial charge is 0.264 e. The molecule has 3 rings (SSSR count). The minimum atomic E-state index is -4.02. The molecular formula is C22H21BrN2O4S. The van der Waals surface area contributed by atoms with Crippen molar-refractivity contribution in [2.75, 3.05) is 23.3 Å². The van der Waals surface area contributed by atoms with Gasteiger partial charge in [-0.15, -0.1) is 0 Å². The molecule has 6 nitrogen and oxygen atoms in total. The largest absolute Gasteiger partial charge is 0.495 e. The van der Waals surface area contributed by atoms with Crippen molar-refractivity contribution in [3.63, 3.8) is 0 Å². The Kier molecular flexibility index (Phi) is 6.79. The minimum Gasteiger partial charge on any atom is -0.495 e. The lowest BCUT2D eigenvalue weighted by Gasteiger charge is -2.26. The predicted molar refractivity (Wildman–Crippen MR) is 121 cm³/mol. The number of para-hydroxylation sites is 1. The highest BCUT2D eigenvalue weighted by Gasteiger charge is 2.29. The number of amides is 1. The summed E-state index contributed by atoms with van der Waals surface area (Å²) in [7, 11) is -2.56. The molecule has 3 aromatic carbocycles. The van der Waals surface area contributed by atoms with Gasteiger partial charge in [0.15, 0.2) is 0 Å². The van der Waals surface area contributed by atoms with Crippen LogP contribution in [0, 0.1) is 6.92 Å². The van der Waals surface area contributed by atoms with Gasteiger partial charge >= 0.3 is 0 Å². The predicted octanol–water partition coefficient (Wildman–Crippen LogP) is 4.60. The quantitative estimate of drug-likeness (QED) is 0.527. The molecule has 1 N–H and O–H groups in total. The van der Waals surface area contributed by atoms with Gasteiger partial charge in [0.25, 0.3) is 10.0 Å². The van der Waals surface area contributed by atoms with Crippen LogP contribution < -0.4 is 14.4 Å². The first-order valence-corrected chi connectivity index (χ1v) is 11.3. The normalized spacial score (nSPS) is 11.0.